The molecule has 1 saturated carbocycles. The molecule has 1 fully saturated rings. The van der Waals surface area contributed by atoms with E-state index in [0.29, 0.717) is 0 Å². The molecule has 0 aromatic heterocycles. The summed E-state index contributed by atoms with van der Waals surface area (Å²) in [6.07, 6.45) is 4.99. The van der Waals surface area contributed by atoms with Crippen LogP contribution >= 0.6 is 0 Å². The van der Waals surface area contributed by atoms with Gasteiger partial charge in [-0.2, -0.15) is 0 Å². The highest BCUT2D eigenvalue weighted by atomic mass is 32.2. The van der Waals surface area contributed by atoms with Crippen LogP contribution in [0.4, 0.5) is 0 Å². The molecule has 0 aliphatic heterocycles. The Morgan fingerprint density at radius 3 is 2.07 bits per heavy atom. The topological polar surface area (TPSA) is 46.2 Å². The van der Waals surface area contributed by atoms with Crippen molar-refractivity contribution in [3.8, 4) is 0 Å². The van der Waals surface area contributed by atoms with E-state index in [9.17, 15) is 8.42 Å². The molecule has 0 saturated heterocycles. The number of nitrogens with one attached hydrogen (secondary N) is 1. The van der Waals surface area contributed by atoms with E-state index >= 15 is 0 Å². The first-order chi connectivity index (χ1) is 6.42. The fourth-order valence-corrected chi connectivity index (χ4v) is 4.01. The predicted molar refractivity (Wildman–Crippen MR) is 58.9 cm³/mol. The van der Waals surface area contributed by atoms with Crippen molar-refractivity contribution in [3.05, 3.63) is 0 Å². The van der Waals surface area contributed by atoms with Gasteiger partial charge in [-0.25, -0.2) is 8.42 Å². The molecule has 0 radical (unpaired) electrons. The van der Waals surface area contributed by atoms with Crippen LogP contribution in [0.5, 0.6) is 0 Å². The van der Waals surface area contributed by atoms with E-state index in [2.05, 4.69) is 5.32 Å². The van der Waals surface area contributed by atoms with Gasteiger partial charge in [-0.15, -0.1) is 0 Å². The van der Waals surface area contributed by atoms with E-state index in [0.717, 1.165) is 25.7 Å². The highest BCUT2D eigenvalue weighted by Gasteiger charge is 2.39. The monoisotopic (exact) mass is 219 g/mol. The molecule has 4 heteroatoms. The maximum Gasteiger partial charge on any atom is 0.171 e. The molecule has 0 amide bonds. The average Bonchev–Trinajstić information content (AvgIpc) is 2.19. The second-order valence-electron chi connectivity index (χ2n) is 4.57. The Morgan fingerprint density at radius 1 is 1.14 bits per heavy atom. The van der Waals surface area contributed by atoms with Crippen LogP contribution in [-0.4, -0.2) is 25.6 Å². The zero-order chi connectivity index (χ0) is 10.8. The van der Waals surface area contributed by atoms with Crippen molar-refractivity contribution in [3.63, 3.8) is 0 Å². The minimum atomic E-state index is -3.02. The van der Waals surface area contributed by atoms with Gasteiger partial charge in [0.05, 0.1) is 5.25 Å². The summed E-state index contributed by atoms with van der Waals surface area (Å²) in [4.78, 5) is -0.783. The quantitative estimate of drug-likeness (QED) is 0.785. The number of hydrogen-bond acceptors (Lipinski definition) is 3. The van der Waals surface area contributed by atoms with Crippen molar-refractivity contribution < 1.29 is 8.42 Å². The lowest BCUT2D eigenvalue weighted by Crippen LogP contribution is -2.49. The predicted octanol–water partition coefficient (Wildman–Crippen LogP) is 1.69. The molecule has 1 aliphatic rings. The van der Waals surface area contributed by atoms with E-state index in [4.69, 9.17) is 0 Å². The van der Waals surface area contributed by atoms with Gasteiger partial charge in [0.15, 0.2) is 9.84 Å². The SMILES string of the molecule is CNC(C)(C)S(=O)(=O)C1CCCCC1. The molecule has 1 N–H and O–H groups in total. The maximum absolute atomic E-state index is 12.2. The van der Waals surface area contributed by atoms with Crippen LogP contribution in [-0.2, 0) is 9.84 Å². The van der Waals surface area contributed by atoms with Crippen molar-refractivity contribution in [2.45, 2.75) is 56.1 Å². The lowest BCUT2D eigenvalue weighted by atomic mass is 10.0. The third-order valence-electron chi connectivity index (χ3n) is 3.30. The number of hydrogen-bond donors (Lipinski definition) is 1. The zero-order valence-corrected chi connectivity index (χ0v) is 10.2. The normalized spacial score (nSPS) is 21.1. The first kappa shape index (κ1) is 12.0. The van der Waals surface area contributed by atoms with Gasteiger partial charge in [0.2, 0.25) is 0 Å². The molecule has 0 unspecified atom stereocenters. The lowest BCUT2D eigenvalue weighted by molar-refractivity contribution is 0.451. The summed E-state index contributed by atoms with van der Waals surface area (Å²) < 4.78 is 24.4. The van der Waals surface area contributed by atoms with Crippen LogP contribution in [0.15, 0.2) is 0 Å². The minimum absolute atomic E-state index is 0.126. The fraction of sp³-hybridized carbons (Fsp3) is 1.00. The molecule has 0 heterocycles. The first-order valence-corrected chi connectivity index (χ1v) is 6.89. The molecular weight excluding hydrogens is 198 g/mol. The van der Waals surface area contributed by atoms with Crippen molar-refractivity contribution >= 4 is 9.84 Å². The van der Waals surface area contributed by atoms with E-state index in [1.807, 2.05) is 0 Å². The zero-order valence-electron chi connectivity index (χ0n) is 9.34. The third kappa shape index (κ3) is 2.11. The van der Waals surface area contributed by atoms with E-state index in [1.54, 1.807) is 20.9 Å². The molecular formula is C10H21NO2S. The van der Waals surface area contributed by atoms with Crippen molar-refractivity contribution in [1.82, 2.24) is 5.32 Å². The van der Waals surface area contributed by atoms with Crippen LogP contribution in [0.1, 0.15) is 46.0 Å². The number of sulfone groups is 1. The fourth-order valence-electron chi connectivity index (χ4n) is 1.93. The van der Waals surface area contributed by atoms with E-state index < -0.39 is 14.7 Å². The molecule has 0 spiro atoms. The largest absolute Gasteiger partial charge is 0.302 e. The Labute approximate surface area is 87.2 Å². The maximum atomic E-state index is 12.2. The Balaban J connectivity index is 2.83. The van der Waals surface area contributed by atoms with Crippen LogP contribution < -0.4 is 5.32 Å². The smallest absolute Gasteiger partial charge is 0.171 e. The van der Waals surface area contributed by atoms with E-state index in [1.165, 1.54) is 6.42 Å². The molecule has 1 aliphatic carbocycles. The standard InChI is InChI=1S/C10H21NO2S/c1-10(2,11-3)14(12,13)9-7-5-4-6-8-9/h9,11H,4-8H2,1-3H3. The molecule has 0 aromatic carbocycles. The van der Waals surface area contributed by atoms with Gasteiger partial charge in [0, 0.05) is 0 Å². The van der Waals surface area contributed by atoms with Crippen molar-refractivity contribution in [1.29, 1.82) is 0 Å². The molecule has 84 valence electrons. The second-order valence-corrected chi connectivity index (χ2v) is 7.34. The summed E-state index contributed by atoms with van der Waals surface area (Å²) in [5, 5.41) is 2.76. The lowest BCUT2D eigenvalue weighted by Gasteiger charge is -2.31. The third-order valence-corrected chi connectivity index (χ3v) is 6.28. The van der Waals surface area contributed by atoms with Gasteiger partial charge in [-0.3, -0.25) is 0 Å². The Morgan fingerprint density at radius 2 is 1.64 bits per heavy atom. The Kier molecular flexibility index (Phi) is 3.58. The summed E-state index contributed by atoms with van der Waals surface area (Å²) in [5.74, 6) is 0. The minimum Gasteiger partial charge on any atom is -0.302 e. The van der Waals surface area contributed by atoms with Gasteiger partial charge in [0.25, 0.3) is 0 Å². The summed E-state index contributed by atoms with van der Waals surface area (Å²) in [6, 6.07) is 0. The molecule has 0 atom stereocenters. The van der Waals surface area contributed by atoms with Gasteiger partial charge < -0.3 is 5.32 Å². The second kappa shape index (κ2) is 4.19. The van der Waals surface area contributed by atoms with Crippen LogP contribution in [0, 0.1) is 0 Å². The summed E-state index contributed by atoms with van der Waals surface area (Å²) in [6.45, 7) is 3.49. The summed E-state index contributed by atoms with van der Waals surface area (Å²) >= 11 is 0. The molecule has 14 heavy (non-hydrogen) atoms. The summed E-state index contributed by atoms with van der Waals surface area (Å²) in [5.41, 5.74) is 0. The van der Waals surface area contributed by atoms with Gasteiger partial charge in [-0.05, 0) is 33.7 Å². The van der Waals surface area contributed by atoms with Crippen molar-refractivity contribution in [2.75, 3.05) is 7.05 Å². The Hall–Kier alpha value is -0.0900. The molecule has 1 rings (SSSR count). The van der Waals surface area contributed by atoms with Gasteiger partial charge in [0.1, 0.15) is 4.87 Å². The molecule has 0 aromatic rings. The van der Waals surface area contributed by atoms with Crippen LogP contribution in [0.2, 0.25) is 0 Å². The highest BCUT2D eigenvalue weighted by Crippen LogP contribution is 2.29. The average molecular weight is 219 g/mol. The van der Waals surface area contributed by atoms with E-state index in [-0.39, 0.29) is 5.25 Å². The Bertz CT molecular complexity index is 276. The van der Waals surface area contributed by atoms with Gasteiger partial charge >= 0.3 is 0 Å². The highest BCUT2D eigenvalue weighted by molar-refractivity contribution is 7.93. The van der Waals surface area contributed by atoms with Crippen LogP contribution in [0.25, 0.3) is 0 Å². The van der Waals surface area contributed by atoms with Gasteiger partial charge in [-0.1, -0.05) is 19.3 Å². The van der Waals surface area contributed by atoms with Crippen molar-refractivity contribution in [2.24, 2.45) is 0 Å². The van der Waals surface area contributed by atoms with Crippen LogP contribution in [0.3, 0.4) is 0 Å². The molecule has 0 bridgehead atoms. The first-order valence-electron chi connectivity index (χ1n) is 5.34. The number of rotatable bonds is 3. The molecule has 3 nitrogen and oxygen atoms in total. The summed E-state index contributed by atoms with van der Waals surface area (Å²) in [7, 11) is -1.31.